The molecule has 0 aliphatic heterocycles. The molecule has 80 valence electrons. The zero-order chi connectivity index (χ0) is 11.4. The maximum absolute atomic E-state index is 11.5. The van der Waals surface area contributed by atoms with Crippen LogP contribution in [0.1, 0.15) is 13.8 Å². The molecule has 0 bridgehead atoms. The third-order valence-corrected chi connectivity index (χ3v) is 2.01. The van der Waals surface area contributed by atoms with Crippen LogP contribution in [0.25, 0.3) is 10.9 Å². The number of hydrogen-bond acceptors (Lipinski definition) is 2. The molecule has 0 spiro atoms. The Morgan fingerprint density at radius 2 is 1.73 bits per heavy atom. The summed E-state index contributed by atoms with van der Waals surface area (Å²) in [4.78, 5) is 25.3. The normalized spacial score (nSPS) is 9.53. The van der Waals surface area contributed by atoms with Crippen LogP contribution < -0.4 is 11.2 Å². The summed E-state index contributed by atoms with van der Waals surface area (Å²) in [6.07, 6.45) is 0. The minimum Gasteiger partial charge on any atom is -0.307 e. The van der Waals surface area contributed by atoms with E-state index in [4.69, 9.17) is 0 Å². The Balaban J connectivity index is 0.000000531. The smallest absolute Gasteiger partial charge is 0.307 e. The molecular weight excluding hydrogens is 192 g/mol. The fourth-order valence-electron chi connectivity index (χ4n) is 1.25. The molecule has 0 saturated carbocycles. The van der Waals surface area contributed by atoms with Gasteiger partial charge in [0.05, 0.1) is 10.9 Å². The predicted molar refractivity (Wildman–Crippen MR) is 61.2 cm³/mol. The molecule has 1 heterocycles. The first-order valence-electron chi connectivity index (χ1n) is 4.88. The molecule has 1 aromatic heterocycles. The summed E-state index contributed by atoms with van der Waals surface area (Å²) in [6.45, 7) is 4.00. The fourth-order valence-corrected chi connectivity index (χ4v) is 1.25. The van der Waals surface area contributed by atoms with Crippen molar-refractivity contribution in [1.82, 2.24) is 9.55 Å². The van der Waals surface area contributed by atoms with Crippen LogP contribution in [-0.2, 0) is 7.05 Å². The summed E-state index contributed by atoms with van der Waals surface area (Å²) in [5.41, 5.74) is -0.0707. The fraction of sp³-hybridized carbons (Fsp3) is 0.273. The molecule has 0 amide bonds. The van der Waals surface area contributed by atoms with E-state index in [1.807, 2.05) is 13.8 Å². The second kappa shape index (κ2) is 4.59. The molecule has 1 N–H and O–H groups in total. The van der Waals surface area contributed by atoms with E-state index in [1.165, 1.54) is 7.05 Å². The number of aromatic amines is 1. The van der Waals surface area contributed by atoms with E-state index in [0.29, 0.717) is 10.9 Å². The van der Waals surface area contributed by atoms with Gasteiger partial charge in [-0.3, -0.25) is 9.36 Å². The molecule has 0 fully saturated rings. The SMILES string of the molecule is CC.Cn1c(=O)[nH]c2ccccc2c1=O. The standard InChI is InChI=1S/C9H8N2O2.C2H6/c1-11-8(12)6-4-2-3-5-7(6)10-9(11)13;1-2/h2-5H,1H3,(H,10,13);1-2H3. The van der Waals surface area contributed by atoms with Gasteiger partial charge in [-0.25, -0.2) is 4.79 Å². The van der Waals surface area contributed by atoms with Crippen LogP contribution in [-0.4, -0.2) is 9.55 Å². The minimum absolute atomic E-state index is 0.264. The van der Waals surface area contributed by atoms with E-state index < -0.39 is 0 Å². The summed E-state index contributed by atoms with van der Waals surface area (Å²) < 4.78 is 1.06. The van der Waals surface area contributed by atoms with Crippen molar-refractivity contribution >= 4 is 10.9 Å². The van der Waals surface area contributed by atoms with Crippen molar-refractivity contribution in [3.8, 4) is 0 Å². The van der Waals surface area contributed by atoms with Gasteiger partial charge in [0.2, 0.25) is 0 Å². The number of para-hydroxylation sites is 1. The molecule has 0 saturated heterocycles. The Bertz CT molecular complexity index is 567. The van der Waals surface area contributed by atoms with E-state index in [-0.39, 0.29) is 11.2 Å². The van der Waals surface area contributed by atoms with Gasteiger partial charge < -0.3 is 4.98 Å². The molecule has 0 aliphatic rings. The summed E-state index contributed by atoms with van der Waals surface area (Å²) in [7, 11) is 1.45. The van der Waals surface area contributed by atoms with Gasteiger partial charge in [0.15, 0.2) is 0 Å². The first-order chi connectivity index (χ1) is 7.20. The molecule has 2 aromatic rings. The molecule has 0 radical (unpaired) electrons. The molecular formula is C11H14N2O2. The van der Waals surface area contributed by atoms with Crippen molar-refractivity contribution in [1.29, 1.82) is 0 Å². The summed E-state index contributed by atoms with van der Waals surface area (Å²) >= 11 is 0. The van der Waals surface area contributed by atoms with Gasteiger partial charge in [0.25, 0.3) is 5.56 Å². The number of H-pyrrole nitrogens is 1. The quantitative estimate of drug-likeness (QED) is 0.705. The highest BCUT2D eigenvalue weighted by Gasteiger charge is 2.01. The third-order valence-electron chi connectivity index (χ3n) is 2.01. The first kappa shape index (κ1) is 11.2. The maximum atomic E-state index is 11.5. The van der Waals surface area contributed by atoms with Crippen molar-refractivity contribution in [2.45, 2.75) is 13.8 Å². The molecule has 0 aliphatic carbocycles. The Hall–Kier alpha value is -1.84. The van der Waals surface area contributed by atoms with Gasteiger partial charge in [0.1, 0.15) is 0 Å². The number of rotatable bonds is 0. The van der Waals surface area contributed by atoms with Crippen LogP contribution in [0, 0.1) is 0 Å². The number of fused-ring (bicyclic) bond motifs is 1. The van der Waals surface area contributed by atoms with Crippen molar-refractivity contribution in [3.05, 3.63) is 45.1 Å². The van der Waals surface area contributed by atoms with Crippen molar-refractivity contribution in [3.63, 3.8) is 0 Å². The first-order valence-corrected chi connectivity index (χ1v) is 4.88. The van der Waals surface area contributed by atoms with Crippen LogP contribution in [0.5, 0.6) is 0 Å². The van der Waals surface area contributed by atoms with Crippen molar-refractivity contribution < 1.29 is 0 Å². The van der Waals surface area contributed by atoms with Gasteiger partial charge in [-0.05, 0) is 12.1 Å². The Morgan fingerprint density at radius 1 is 1.13 bits per heavy atom. The van der Waals surface area contributed by atoms with Gasteiger partial charge in [-0.1, -0.05) is 26.0 Å². The largest absolute Gasteiger partial charge is 0.328 e. The highest BCUT2D eigenvalue weighted by molar-refractivity contribution is 5.76. The Labute approximate surface area is 87.2 Å². The predicted octanol–water partition coefficient (Wildman–Crippen LogP) is 1.25. The molecule has 2 rings (SSSR count). The number of benzene rings is 1. The van der Waals surface area contributed by atoms with Gasteiger partial charge in [-0.2, -0.15) is 0 Å². The topological polar surface area (TPSA) is 54.9 Å². The zero-order valence-electron chi connectivity index (χ0n) is 9.07. The van der Waals surface area contributed by atoms with E-state index >= 15 is 0 Å². The average molecular weight is 206 g/mol. The highest BCUT2D eigenvalue weighted by atomic mass is 16.2. The van der Waals surface area contributed by atoms with E-state index in [9.17, 15) is 9.59 Å². The van der Waals surface area contributed by atoms with Gasteiger partial charge >= 0.3 is 5.69 Å². The molecule has 0 atom stereocenters. The Kier molecular flexibility index (Phi) is 3.44. The van der Waals surface area contributed by atoms with E-state index in [1.54, 1.807) is 24.3 Å². The van der Waals surface area contributed by atoms with Gasteiger partial charge in [0, 0.05) is 7.05 Å². The summed E-state index contributed by atoms with van der Waals surface area (Å²) in [5, 5.41) is 0.532. The number of aromatic nitrogens is 2. The lowest BCUT2D eigenvalue weighted by Crippen LogP contribution is -2.32. The minimum atomic E-state index is -0.385. The number of hydrogen-bond donors (Lipinski definition) is 1. The summed E-state index contributed by atoms with van der Waals surface area (Å²) in [6, 6.07) is 6.94. The lowest BCUT2D eigenvalue weighted by atomic mass is 10.2. The lowest BCUT2D eigenvalue weighted by molar-refractivity contribution is 0.794. The second-order valence-electron chi connectivity index (χ2n) is 2.84. The number of nitrogens with one attached hydrogen (secondary N) is 1. The van der Waals surface area contributed by atoms with Crippen LogP contribution in [0.4, 0.5) is 0 Å². The zero-order valence-corrected chi connectivity index (χ0v) is 9.07. The summed E-state index contributed by atoms with van der Waals surface area (Å²) in [5.74, 6) is 0. The van der Waals surface area contributed by atoms with Crippen LogP contribution in [0.15, 0.2) is 33.9 Å². The maximum Gasteiger partial charge on any atom is 0.328 e. The lowest BCUT2D eigenvalue weighted by Gasteiger charge is -1.98. The second-order valence-corrected chi connectivity index (χ2v) is 2.84. The molecule has 1 aromatic carbocycles. The van der Waals surface area contributed by atoms with Crippen molar-refractivity contribution in [2.24, 2.45) is 7.05 Å². The average Bonchev–Trinajstić information content (AvgIpc) is 2.29. The van der Waals surface area contributed by atoms with Crippen LogP contribution in [0.3, 0.4) is 0 Å². The van der Waals surface area contributed by atoms with Crippen molar-refractivity contribution in [2.75, 3.05) is 0 Å². The monoisotopic (exact) mass is 206 g/mol. The highest BCUT2D eigenvalue weighted by Crippen LogP contribution is 2.01. The van der Waals surface area contributed by atoms with Crippen LogP contribution in [0.2, 0.25) is 0 Å². The number of nitrogens with zero attached hydrogens (tertiary/aromatic N) is 1. The molecule has 0 unspecified atom stereocenters. The molecule has 4 heteroatoms. The van der Waals surface area contributed by atoms with E-state index in [0.717, 1.165) is 4.57 Å². The molecule has 15 heavy (non-hydrogen) atoms. The Morgan fingerprint density at radius 3 is 2.40 bits per heavy atom. The van der Waals surface area contributed by atoms with E-state index in [2.05, 4.69) is 4.98 Å². The third kappa shape index (κ3) is 1.98. The molecule has 4 nitrogen and oxygen atoms in total. The van der Waals surface area contributed by atoms with Gasteiger partial charge in [-0.15, -0.1) is 0 Å². The van der Waals surface area contributed by atoms with Crippen LogP contribution >= 0.6 is 0 Å².